The maximum absolute atomic E-state index is 12.4. The number of aryl methyl sites for hydroxylation is 1. The molecule has 2 aromatic carbocycles. The van der Waals surface area contributed by atoms with Gasteiger partial charge in [0.2, 0.25) is 0 Å². The standard InChI is InChI=1S/C16H19NO2S/c17-12-6-9-14-7-4-5-8-15(14)13-20(18,19)16-10-2-1-3-11-16/h1-5,7-8,10-11H,6,9,12-13,17H2. The smallest absolute Gasteiger partial charge is 0.182 e. The topological polar surface area (TPSA) is 60.2 Å². The highest BCUT2D eigenvalue weighted by molar-refractivity contribution is 7.90. The SMILES string of the molecule is NCCCc1ccccc1CS(=O)(=O)c1ccccc1. The van der Waals surface area contributed by atoms with Crippen LogP contribution in [0.3, 0.4) is 0 Å². The average molecular weight is 289 g/mol. The van der Waals surface area contributed by atoms with Gasteiger partial charge in [0, 0.05) is 0 Å². The second-order valence-electron chi connectivity index (χ2n) is 4.73. The minimum absolute atomic E-state index is 0.0394. The lowest BCUT2D eigenvalue weighted by Crippen LogP contribution is -2.08. The third-order valence-corrected chi connectivity index (χ3v) is 4.90. The maximum Gasteiger partial charge on any atom is 0.182 e. The van der Waals surface area contributed by atoms with Crippen molar-refractivity contribution in [2.75, 3.05) is 6.54 Å². The number of hydrogen-bond acceptors (Lipinski definition) is 3. The predicted octanol–water partition coefficient (Wildman–Crippen LogP) is 2.55. The summed E-state index contributed by atoms with van der Waals surface area (Å²) in [6.07, 6.45) is 1.68. The lowest BCUT2D eigenvalue weighted by atomic mass is 10.0. The summed E-state index contributed by atoms with van der Waals surface area (Å²) in [5.74, 6) is 0.0394. The molecular formula is C16H19NO2S. The summed E-state index contributed by atoms with van der Waals surface area (Å²) in [4.78, 5) is 0.369. The van der Waals surface area contributed by atoms with Gasteiger partial charge in [-0.05, 0) is 42.6 Å². The van der Waals surface area contributed by atoms with Crippen LogP contribution in [0.1, 0.15) is 17.5 Å². The number of nitrogens with two attached hydrogens (primary N) is 1. The van der Waals surface area contributed by atoms with E-state index in [4.69, 9.17) is 5.73 Å². The van der Waals surface area contributed by atoms with Gasteiger partial charge in [0.25, 0.3) is 0 Å². The van der Waals surface area contributed by atoms with E-state index in [0.29, 0.717) is 11.4 Å². The molecule has 0 fully saturated rings. The zero-order valence-corrected chi connectivity index (χ0v) is 12.1. The summed E-state index contributed by atoms with van der Waals surface area (Å²) in [7, 11) is -3.29. The molecule has 2 N–H and O–H groups in total. The minimum Gasteiger partial charge on any atom is -0.330 e. The maximum atomic E-state index is 12.4. The number of hydrogen-bond donors (Lipinski definition) is 1. The number of sulfone groups is 1. The highest BCUT2D eigenvalue weighted by atomic mass is 32.2. The van der Waals surface area contributed by atoms with Crippen LogP contribution in [0.25, 0.3) is 0 Å². The first-order valence-corrected chi connectivity index (χ1v) is 8.33. The van der Waals surface area contributed by atoms with E-state index in [2.05, 4.69) is 0 Å². The molecule has 0 bridgehead atoms. The zero-order chi connectivity index (χ0) is 14.4. The lowest BCUT2D eigenvalue weighted by Gasteiger charge is -2.10. The van der Waals surface area contributed by atoms with Crippen molar-refractivity contribution in [3.63, 3.8) is 0 Å². The van der Waals surface area contributed by atoms with E-state index in [1.807, 2.05) is 30.3 Å². The average Bonchev–Trinajstić information content (AvgIpc) is 2.47. The Labute approximate surface area is 120 Å². The summed E-state index contributed by atoms with van der Waals surface area (Å²) in [6, 6.07) is 16.2. The van der Waals surface area contributed by atoms with E-state index in [0.717, 1.165) is 24.0 Å². The van der Waals surface area contributed by atoms with Crippen molar-refractivity contribution in [2.24, 2.45) is 5.73 Å². The summed E-state index contributed by atoms with van der Waals surface area (Å²) in [5, 5.41) is 0. The third-order valence-electron chi connectivity index (χ3n) is 3.22. The van der Waals surface area contributed by atoms with E-state index in [9.17, 15) is 8.42 Å². The van der Waals surface area contributed by atoms with E-state index in [1.165, 1.54) is 0 Å². The molecule has 0 aromatic heterocycles. The van der Waals surface area contributed by atoms with Crippen LogP contribution in [-0.2, 0) is 22.0 Å². The predicted molar refractivity (Wildman–Crippen MR) is 81.1 cm³/mol. The second-order valence-corrected chi connectivity index (χ2v) is 6.72. The van der Waals surface area contributed by atoms with Crippen LogP contribution in [0.4, 0.5) is 0 Å². The molecule has 0 spiro atoms. The number of rotatable bonds is 6. The molecule has 0 saturated heterocycles. The Morgan fingerprint density at radius 2 is 1.45 bits per heavy atom. The summed E-state index contributed by atoms with van der Waals surface area (Å²) < 4.78 is 24.8. The summed E-state index contributed by atoms with van der Waals surface area (Å²) in [6.45, 7) is 0.611. The van der Waals surface area contributed by atoms with Gasteiger partial charge < -0.3 is 5.73 Å². The van der Waals surface area contributed by atoms with E-state index in [1.54, 1.807) is 24.3 Å². The first kappa shape index (κ1) is 14.8. The molecule has 0 aliphatic carbocycles. The molecule has 0 heterocycles. The van der Waals surface area contributed by atoms with Crippen LogP contribution in [0.15, 0.2) is 59.5 Å². The molecule has 0 amide bonds. The zero-order valence-electron chi connectivity index (χ0n) is 11.3. The highest BCUT2D eigenvalue weighted by Crippen LogP contribution is 2.19. The molecule has 0 radical (unpaired) electrons. The first-order valence-electron chi connectivity index (χ1n) is 6.68. The van der Waals surface area contributed by atoms with Crippen LogP contribution in [0.5, 0.6) is 0 Å². The van der Waals surface area contributed by atoms with Gasteiger partial charge in [0.15, 0.2) is 9.84 Å². The van der Waals surface area contributed by atoms with Gasteiger partial charge >= 0.3 is 0 Å². The molecule has 4 heteroatoms. The van der Waals surface area contributed by atoms with Gasteiger partial charge in [-0.1, -0.05) is 42.5 Å². The van der Waals surface area contributed by atoms with E-state index in [-0.39, 0.29) is 5.75 Å². The van der Waals surface area contributed by atoms with Crippen LogP contribution in [-0.4, -0.2) is 15.0 Å². The normalized spacial score (nSPS) is 11.4. The quantitative estimate of drug-likeness (QED) is 0.889. The van der Waals surface area contributed by atoms with Crippen molar-refractivity contribution in [1.82, 2.24) is 0 Å². The van der Waals surface area contributed by atoms with Gasteiger partial charge in [0.05, 0.1) is 10.6 Å². The fraction of sp³-hybridized carbons (Fsp3) is 0.250. The summed E-state index contributed by atoms with van der Waals surface area (Å²) in [5.41, 5.74) is 7.46. The van der Waals surface area contributed by atoms with Crippen molar-refractivity contribution in [3.8, 4) is 0 Å². The largest absolute Gasteiger partial charge is 0.330 e. The molecular weight excluding hydrogens is 270 g/mol. The molecule has 0 saturated carbocycles. The minimum atomic E-state index is -3.29. The Bertz CT molecular complexity index is 651. The van der Waals surface area contributed by atoms with Crippen LogP contribution >= 0.6 is 0 Å². The summed E-state index contributed by atoms with van der Waals surface area (Å²) >= 11 is 0. The third kappa shape index (κ3) is 3.68. The van der Waals surface area contributed by atoms with Crippen molar-refractivity contribution < 1.29 is 8.42 Å². The van der Waals surface area contributed by atoms with Gasteiger partial charge in [-0.25, -0.2) is 8.42 Å². The Kier molecular flexibility index (Phi) is 4.93. The van der Waals surface area contributed by atoms with E-state index < -0.39 is 9.84 Å². The van der Waals surface area contributed by atoms with Crippen LogP contribution in [0.2, 0.25) is 0 Å². The molecule has 0 atom stereocenters. The van der Waals surface area contributed by atoms with Crippen molar-refractivity contribution in [1.29, 1.82) is 0 Å². The van der Waals surface area contributed by atoms with E-state index >= 15 is 0 Å². The molecule has 0 aliphatic rings. The van der Waals surface area contributed by atoms with Crippen LogP contribution in [0, 0.1) is 0 Å². The fourth-order valence-corrected chi connectivity index (χ4v) is 3.58. The molecule has 20 heavy (non-hydrogen) atoms. The molecule has 106 valence electrons. The van der Waals surface area contributed by atoms with Gasteiger partial charge in [0.1, 0.15) is 0 Å². The van der Waals surface area contributed by atoms with Crippen LogP contribution < -0.4 is 5.73 Å². The Hall–Kier alpha value is -1.65. The lowest BCUT2D eigenvalue weighted by molar-refractivity contribution is 0.595. The second kappa shape index (κ2) is 6.68. The monoisotopic (exact) mass is 289 g/mol. The molecule has 3 nitrogen and oxygen atoms in total. The highest BCUT2D eigenvalue weighted by Gasteiger charge is 2.16. The van der Waals surface area contributed by atoms with Gasteiger partial charge in [-0.2, -0.15) is 0 Å². The van der Waals surface area contributed by atoms with Gasteiger partial charge in [-0.3, -0.25) is 0 Å². The molecule has 0 unspecified atom stereocenters. The Morgan fingerprint density at radius 3 is 2.10 bits per heavy atom. The Morgan fingerprint density at radius 1 is 0.850 bits per heavy atom. The fourth-order valence-electron chi connectivity index (χ4n) is 2.15. The first-order chi connectivity index (χ1) is 9.63. The molecule has 2 rings (SSSR count). The van der Waals surface area contributed by atoms with Crippen molar-refractivity contribution in [3.05, 3.63) is 65.7 Å². The van der Waals surface area contributed by atoms with Crippen molar-refractivity contribution in [2.45, 2.75) is 23.5 Å². The van der Waals surface area contributed by atoms with Gasteiger partial charge in [-0.15, -0.1) is 0 Å². The molecule has 2 aromatic rings. The number of benzene rings is 2. The molecule has 0 aliphatic heterocycles. The van der Waals surface area contributed by atoms with Crippen molar-refractivity contribution >= 4 is 9.84 Å². The Balaban J connectivity index is 2.26.